The first-order valence-electron chi connectivity index (χ1n) is 6.82. The van der Waals surface area contributed by atoms with Gasteiger partial charge in [0.1, 0.15) is 0 Å². The molecule has 3 nitrogen and oxygen atoms in total. The predicted octanol–water partition coefficient (Wildman–Crippen LogP) is 2.35. The van der Waals surface area contributed by atoms with Crippen LogP contribution in [0.5, 0.6) is 0 Å². The van der Waals surface area contributed by atoms with Crippen LogP contribution in [0, 0.1) is 0 Å². The van der Waals surface area contributed by atoms with E-state index < -0.39 is 0 Å². The highest BCUT2D eigenvalue weighted by Crippen LogP contribution is 2.18. The van der Waals surface area contributed by atoms with E-state index in [2.05, 4.69) is 12.2 Å². The Labute approximate surface area is 99.9 Å². The summed E-state index contributed by atoms with van der Waals surface area (Å²) in [5.74, 6) is 0. The van der Waals surface area contributed by atoms with Crippen molar-refractivity contribution < 1.29 is 9.47 Å². The average Bonchev–Trinajstić information content (AvgIpc) is 3.10. The van der Waals surface area contributed by atoms with Crippen molar-refractivity contribution in [2.24, 2.45) is 0 Å². The second-order valence-corrected chi connectivity index (χ2v) is 4.51. The summed E-state index contributed by atoms with van der Waals surface area (Å²) in [7, 11) is 0. The Morgan fingerprint density at radius 1 is 0.938 bits per heavy atom. The third kappa shape index (κ3) is 9.13. The third-order valence-corrected chi connectivity index (χ3v) is 2.74. The topological polar surface area (TPSA) is 30.5 Å². The van der Waals surface area contributed by atoms with E-state index in [0.717, 1.165) is 51.9 Å². The quantitative estimate of drug-likeness (QED) is 0.521. The molecule has 1 aliphatic rings. The highest BCUT2D eigenvalue weighted by Gasteiger charge is 2.19. The summed E-state index contributed by atoms with van der Waals surface area (Å²) in [6.07, 6.45) is 7.51. The normalized spacial score (nSPS) is 15.6. The molecule has 0 bridgehead atoms. The fraction of sp³-hybridized carbons (Fsp3) is 1.00. The van der Waals surface area contributed by atoms with Crippen LogP contribution in [0.15, 0.2) is 0 Å². The first-order chi connectivity index (χ1) is 7.93. The number of hydrogen-bond donors (Lipinski definition) is 1. The van der Waals surface area contributed by atoms with E-state index in [9.17, 15) is 0 Å². The Kier molecular flexibility index (Phi) is 8.77. The molecule has 0 aromatic rings. The zero-order chi connectivity index (χ0) is 11.5. The molecule has 3 heteroatoms. The number of hydrogen-bond acceptors (Lipinski definition) is 3. The number of ether oxygens (including phenoxy) is 2. The van der Waals surface area contributed by atoms with E-state index in [4.69, 9.17) is 9.47 Å². The van der Waals surface area contributed by atoms with Crippen LogP contribution in [-0.4, -0.2) is 39.0 Å². The van der Waals surface area contributed by atoms with Crippen molar-refractivity contribution in [1.29, 1.82) is 0 Å². The van der Waals surface area contributed by atoms with E-state index in [-0.39, 0.29) is 0 Å². The molecule has 0 radical (unpaired) electrons. The Morgan fingerprint density at radius 3 is 2.25 bits per heavy atom. The van der Waals surface area contributed by atoms with Gasteiger partial charge in [-0.3, -0.25) is 0 Å². The fourth-order valence-electron chi connectivity index (χ4n) is 1.49. The summed E-state index contributed by atoms with van der Waals surface area (Å²) in [6, 6.07) is 0.841. The predicted molar refractivity (Wildman–Crippen MR) is 66.8 cm³/mol. The Bertz CT molecular complexity index is 149. The van der Waals surface area contributed by atoms with E-state index in [1.165, 1.54) is 25.7 Å². The zero-order valence-corrected chi connectivity index (χ0v) is 10.7. The van der Waals surface area contributed by atoms with Crippen LogP contribution in [0.1, 0.15) is 45.4 Å². The molecule has 0 spiro atoms. The number of nitrogens with one attached hydrogen (secondary N) is 1. The minimum atomic E-state index is 0.750. The second-order valence-electron chi connectivity index (χ2n) is 4.51. The molecule has 0 heterocycles. The third-order valence-electron chi connectivity index (χ3n) is 2.74. The first kappa shape index (κ1) is 13.9. The van der Waals surface area contributed by atoms with Crippen molar-refractivity contribution in [3.8, 4) is 0 Å². The Balaban J connectivity index is 1.61. The van der Waals surface area contributed by atoms with Crippen LogP contribution >= 0.6 is 0 Å². The molecule has 0 unspecified atom stereocenters. The highest BCUT2D eigenvalue weighted by atomic mass is 16.5. The molecule has 1 aliphatic carbocycles. The Morgan fingerprint density at radius 2 is 1.62 bits per heavy atom. The van der Waals surface area contributed by atoms with Crippen LogP contribution in [-0.2, 0) is 9.47 Å². The molecule has 1 fully saturated rings. The van der Waals surface area contributed by atoms with E-state index >= 15 is 0 Å². The molecular formula is C13H27NO2. The molecular weight excluding hydrogens is 202 g/mol. The van der Waals surface area contributed by atoms with Crippen LogP contribution in [0.3, 0.4) is 0 Å². The van der Waals surface area contributed by atoms with Gasteiger partial charge in [-0.1, -0.05) is 13.3 Å². The summed E-state index contributed by atoms with van der Waals surface area (Å²) in [5.41, 5.74) is 0. The maximum absolute atomic E-state index is 5.48. The van der Waals surface area contributed by atoms with Crippen molar-refractivity contribution in [2.45, 2.75) is 51.5 Å². The van der Waals surface area contributed by atoms with Crippen molar-refractivity contribution >= 4 is 0 Å². The molecule has 0 aromatic carbocycles. The van der Waals surface area contributed by atoms with Gasteiger partial charge in [0.25, 0.3) is 0 Å². The lowest BCUT2D eigenvalue weighted by molar-refractivity contribution is 0.0454. The highest BCUT2D eigenvalue weighted by molar-refractivity contribution is 4.80. The molecule has 1 rings (SSSR count). The number of unbranched alkanes of at least 4 members (excludes halogenated alkanes) is 2. The summed E-state index contributed by atoms with van der Waals surface area (Å²) < 4.78 is 10.9. The molecule has 1 N–H and O–H groups in total. The van der Waals surface area contributed by atoms with Gasteiger partial charge in [-0.15, -0.1) is 0 Å². The minimum Gasteiger partial charge on any atom is -0.379 e. The van der Waals surface area contributed by atoms with Gasteiger partial charge >= 0.3 is 0 Å². The maximum Gasteiger partial charge on any atom is 0.0700 e. The lowest BCUT2D eigenvalue weighted by atomic mass is 10.3. The van der Waals surface area contributed by atoms with Gasteiger partial charge in [0.15, 0.2) is 0 Å². The van der Waals surface area contributed by atoms with E-state index in [1.54, 1.807) is 0 Å². The standard InChI is InChI=1S/C13H27NO2/c1-2-3-9-15-11-12-16-10-5-4-8-14-13-6-7-13/h13-14H,2-12H2,1H3. The summed E-state index contributed by atoms with van der Waals surface area (Å²) in [5, 5.41) is 3.50. The van der Waals surface area contributed by atoms with Crippen LogP contribution in [0.25, 0.3) is 0 Å². The molecule has 16 heavy (non-hydrogen) atoms. The first-order valence-corrected chi connectivity index (χ1v) is 6.82. The zero-order valence-electron chi connectivity index (χ0n) is 10.7. The molecule has 1 saturated carbocycles. The molecule has 0 amide bonds. The average molecular weight is 229 g/mol. The fourth-order valence-corrected chi connectivity index (χ4v) is 1.49. The summed E-state index contributed by atoms with van der Waals surface area (Å²) in [4.78, 5) is 0. The smallest absolute Gasteiger partial charge is 0.0700 e. The molecule has 0 saturated heterocycles. The van der Waals surface area contributed by atoms with Gasteiger partial charge in [-0.05, 0) is 38.6 Å². The maximum atomic E-state index is 5.48. The van der Waals surface area contributed by atoms with Gasteiger partial charge < -0.3 is 14.8 Å². The molecule has 96 valence electrons. The van der Waals surface area contributed by atoms with Crippen LogP contribution < -0.4 is 5.32 Å². The van der Waals surface area contributed by atoms with E-state index in [0.29, 0.717) is 0 Å². The van der Waals surface area contributed by atoms with Gasteiger partial charge in [-0.2, -0.15) is 0 Å². The van der Waals surface area contributed by atoms with Crippen molar-refractivity contribution in [3.63, 3.8) is 0 Å². The van der Waals surface area contributed by atoms with Gasteiger partial charge in [0, 0.05) is 19.3 Å². The van der Waals surface area contributed by atoms with Gasteiger partial charge in [0.2, 0.25) is 0 Å². The lowest BCUT2D eigenvalue weighted by Crippen LogP contribution is -2.17. The van der Waals surface area contributed by atoms with Crippen LogP contribution in [0.4, 0.5) is 0 Å². The summed E-state index contributed by atoms with van der Waals surface area (Å²) in [6.45, 7) is 6.59. The molecule has 0 aromatic heterocycles. The minimum absolute atomic E-state index is 0.750. The SMILES string of the molecule is CCCCOCCOCCCCNC1CC1. The van der Waals surface area contributed by atoms with Gasteiger partial charge in [-0.25, -0.2) is 0 Å². The lowest BCUT2D eigenvalue weighted by Gasteiger charge is -2.05. The number of rotatable bonds is 12. The van der Waals surface area contributed by atoms with E-state index in [1.807, 2.05) is 0 Å². The van der Waals surface area contributed by atoms with Crippen molar-refractivity contribution in [1.82, 2.24) is 5.32 Å². The summed E-state index contributed by atoms with van der Waals surface area (Å²) >= 11 is 0. The monoisotopic (exact) mass is 229 g/mol. The van der Waals surface area contributed by atoms with Crippen LogP contribution in [0.2, 0.25) is 0 Å². The molecule has 0 aliphatic heterocycles. The van der Waals surface area contributed by atoms with Gasteiger partial charge in [0.05, 0.1) is 13.2 Å². The van der Waals surface area contributed by atoms with Crippen molar-refractivity contribution in [3.05, 3.63) is 0 Å². The van der Waals surface area contributed by atoms with Crippen molar-refractivity contribution in [2.75, 3.05) is 33.0 Å². The Hall–Kier alpha value is -0.120. The second kappa shape index (κ2) is 10.1. The molecule has 0 atom stereocenters. The largest absolute Gasteiger partial charge is 0.379 e.